The summed E-state index contributed by atoms with van der Waals surface area (Å²) in [5.74, 6) is 0.852. The van der Waals surface area contributed by atoms with E-state index in [4.69, 9.17) is 4.98 Å². The molecule has 20 heavy (non-hydrogen) atoms. The molecular weight excluding hydrogens is 252 g/mol. The molecule has 0 radical (unpaired) electrons. The molecule has 1 aliphatic rings. The van der Waals surface area contributed by atoms with Crippen LogP contribution in [0.4, 0.5) is 0 Å². The summed E-state index contributed by atoms with van der Waals surface area (Å²) in [6, 6.07) is 1.87. The Hall–Kier alpha value is -1.20. The fraction of sp³-hybridized carbons (Fsp3) is 0.733. The largest absolute Gasteiger partial charge is 0.314 e. The van der Waals surface area contributed by atoms with E-state index in [0.29, 0.717) is 0 Å². The standard InChI is InChI=1S/C15H26N4O/c1-3-5-12-11-14(20)18-15(17-12)13(6-4-2)19-9-7-16-8-10-19/h11,13,16H,3-10H2,1-2H3,(H,17,18,20). The van der Waals surface area contributed by atoms with E-state index in [1.54, 1.807) is 6.07 Å². The maximum absolute atomic E-state index is 11.9. The number of aromatic amines is 1. The topological polar surface area (TPSA) is 61.0 Å². The average Bonchev–Trinajstić information content (AvgIpc) is 2.45. The molecule has 1 aliphatic heterocycles. The van der Waals surface area contributed by atoms with Crippen LogP contribution in [0.3, 0.4) is 0 Å². The number of aryl methyl sites for hydroxylation is 1. The van der Waals surface area contributed by atoms with Crippen LogP contribution in [-0.4, -0.2) is 41.0 Å². The van der Waals surface area contributed by atoms with Crippen molar-refractivity contribution in [1.29, 1.82) is 0 Å². The molecule has 0 aliphatic carbocycles. The van der Waals surface area contributed by atoms with Crippen molar-refractivity contribution in [3.8, 4) is 0 Å². The highest BCUT2D eigenvalue weighted by molar-refractivity contribution is 5.06. The van der Waals surface area contributed by atoms with Gasteiger partial charge in [-0.3, -0.25) is 9.69 Å². The third kappa shape index (κ3) is 3.90. The van der Waals surface area contributed by atoms with Crippen LogP contribution in [0.2, 0.25) is 0 Å². The van der Waals surface area contributed by atoms with E-state index in [1.165, 1.54) is 0 Å². The predicted molar refractivity (Wildman–Crippen MR) is 80.9 cm³/mol. The van der Waals surface area contributed by atoms with Gasteiger partial charge < -0.3 is 10.3 Å². The summed E-state index contributed by atoms with van der Waals surface area (Å²) in [7, 11) is 0. The Morgan fingerprint density at radius 1 is 1.30 bits per heavy atom. The van der Waals surface area contributed by atoms with Gasteiger partial charge in [-0.05, 0) is 12.8 Å². The summed E-state index contributed by atoms with van der Waals surface area (Å²) < 4.78 is 0. The lowest BCUT2D eigenvalue weighted by Gasteiger charge is -2.34. The minimum atomic E-state index is -0.0188. The normalized spacial score (nSPS) is 18.1. The quantitative estimate of drug-likeness (QED) is 0.827. The number of hydrogen-bond acceptors (Lipinski definition) is 4. The highest BCUT2D eigenvalue weighted by Gasteiger charge is 2.23. The molecule has 1 saturated heterocycles. The SMILES string of the molecule is CCCc1cc(=O)[nH]c(C(CCC)N2CCNCC2)n1. The molecule has 5 heteroatoms. The first kappa shape index (κ1) is 15.2. The van der Waals surface area contributed by atoms with E-state index in [0.717, 1.165) is 63.4 Å². The Morgan fingerprint density at radius 3 is 2.70 bits per heavy atom. The lowest BCUT2D eigenvalue weighted by atomic mass is 10.1. The van der Waals surface area contributed by atoms with Crippen LogP contribution in [0.1, 0.15) is 50.7 Å². The van der Waals surface area contributed by atoms with Crippen LogP contribution in [0.15, 0.2) is 10.9 Å². The molecule has 1 atom stereocenters. The molecule has 0 saturated carbocycles. The van der Waals surface area contributed by atoms with E-state index in [-0.39, 0.29) is 11.6 Å². The molecule has 1 aromatic rings. The molecule has 5 nitrogen and oxygen atoms in total. The fourth-order valence-electron chi connectivity index (χ4n) is 2.83. The lowest BCUT2D eigenvalue weighted by Crippen LogP contribution is -2.45. The van der Waals surface area contributed by atoms with Gasteiger partial charge in [-0.25, -0.2) is 4.98 Å². The average molecular weight is 278 g/mol. The maximum atomic E-state index is 11.9. The van der Waals surface area contributed by atoms with Gasteiger partial charge in [-0.1, -0.05) is 26.7 Å². The van der Waals surface area contributed by atoms with Gasteiger partial charge in [-0.15, -0.1) is 0 Å². The van der Waals surface area contributed by atoms with Gasteiger partial charge in [-0.2, -0.15) is 0 Å². The maximum Gasteiger partial charge on any atom is 0.251 e. The van der Waals surface area contributed by atoms with Crippen molar-refractivity contribution < 1.29 is 0 Å². The van der Waals surface area contributed by atoms with Crippen LogP contribution >= 0.6 is 0 Å². The minimum absolute atomic E-state index is 0.0188. The highest BCUT2D eigenvalue weighted by Crippen LogP contribution is 2.22. The summed E-state index contributed by atoms with van der Waals surface area (Å²) in [5.41, 5.74) is 0.900. The Balaban J connectivity index is 2.25. The first-order valence-corrected chi connectivity index (χ1v) is 7.79. The van der Waals surface area contributed by atoms with Gasteiger partial charge in [0, 0.05) is 37.9 Å². The number of aromatic nitrogens is 2. The van der Waals surface area contributed by atoms with E-state index in [2.05, 4.69) is 29.0 Å². The summed E-state index contributed by atoms with van der Waals surface area (Å²) in [4.78, 5) is 21.9. The van der Waals surface area contributed by atoms with Gasteiger partial charge in [0.2, 0.25) is 0 Å². The smallest absolute Gasteiger partial charge is 0.251 e. The van der Waals surface area contributed by atoms with Gasteiger partial charge in [0.25, 0.3) is 5.56 Å². The molecule has 0 aromatic carbocycles. The van der Waals surface area contributed by atoms with Crippen LogP contribution in [-0.2, 0) is 6.42 Å². The molecule has 1 fully saturated rings. The summed E-state index contributed by atoms with van der Waals surface area (Å²) in [6.07, 6.45) is 4.02. The van der Waals surface area contributed by atoms with E-state index in [9.17, 15) is 4.79 Å². The second-order valence-electron chi connectivity index (χ2n) is 5.46. The molecule has 0 bridgehead atoms. The molecule has 2 N–H and O–H groups in total. The second-order valence-corrected chi connectivity index (χ2v) is 5.46. The van der Waals surface area contributed by atoms with Gasteiger partial charge in [0.1, 0.15) is 5.82 Å². The summed E-state index contributed by atoms with van der Waals surface area (Å²) in [6.45, 7) is 8.36. The number of nitrogens with zero attached hydrogens (tertiary/aromatic N) is 2. The molecule has 112 valence electrons. The highest BCUT2D eigenvalue weighted by atomic mass is 16.1. The molecular formula is C15H26N4O. The van der Waals surface area contributed by atoms with Crippen molar-refractivity contribution in [2.75, 3.05) is 26.2 Å². The van der Waals surface area contributed by atoms with Gasteiger partial charge >= 0.3 is 0 Å². The van der Waals surface area contributed by atoms with Crippen molar-refractivity contribution >= 4 is 0 Å². The zero-order valence-electron chi connectivity index (χ0n) is 12.6. The van der Waals surface area contributed by atoms with Crippen LogP contribution in [0.5, 0.6) is 0 Å². The summed E-state index contributed by atoms with van der Waals surface area (Å²) >= 11 is 0. The van der Waals surface area contributed by atoms with Crippen molar-refractivity contribution in [2.24, 2.45) is 0 Å². The molecule has 1 unspecified atom stereocenters. The molecule has 2 heterocycles. The number of piperazine rings is 1. The molecule has 1 aromatic heterocycles. The van der Waals surface area contributed by atoms with Crippen LogP contribution < -0.4 is 10.9 Å². The Morgan fingerprint density at radius 2 is 2.05 bits per heavy atom. The first-order chi connectivity index (χ1) is 9.74. The number of hydrogen-bond donors (Lipinski definition) is 2. The lowest BCUT2D eigenvalue weighted by molar-refractivity contribution is 0.157. The number of H-pyrrole nitrogens is 1. The number of nitrogens with one attached hydrogen (secondary N) is 2. The summed E-state index contributed by atoms with van der Waals surface area (Å²) in [5, 5.41) is 3.37. The Labute approximate surface area is 120 Å². The monoisotopic (exact) mass is 278 g/mol. The van der Waals surface area contributed by atoms with Crippen LogP contribution in [0.25, 0.3) is 0 Å². The van der Waals surface area contributed by atoms with Crippen molar-refractivity contribution in [3.63, 3.8) is 0 Å². The van der Waals surface area contributed by atoms with Crippen molar-refractivity contribution in [1.82, 2.24) is 20.2 Å². The van der Waals surface area contributed by atoms with E-state index in [1.807, 2.05) is 0 Å². The first-order valence-electron chi connectivity index (χ1n) is 7.79. The third-order valence-corrected chi connectivity index (χ3v) is 3.79. The molecule has 2 rings (SSSR count). The van der Waals surface area contributed by atoms with Crippen molar-refractivity contribution in [2.45, 2.75) is 45.6 Å². The van der Waals surface area contributed by atoms with E-state index >= 15 is 0 Å². The fourth-order valence-corrected chi connectivity index (χ4v) is 2.83. The minimum Gasteiger partial charge on any atom is -0.314 e. The zero-order valence-corrected chi connectivity index (χ0v) is 12.6. The molecule has 0 spiro atoms. The van der Waals surface area contributed by atoms with Gasteiger partial charge in [0.15, 0.2) is 0 Å². The third-order valence-electron chi connectivity index (χ3n) is 3.79. The molecule has 0 amide bonds. The predicted octanol–water partition coefficient (Wildman–Crippen LogP) is 1.47. The van der Waals surface area contributed by atoms with Crippen LogP contribution in [0, 0.1) is 0 Å². The van der Waals surface area contributed by atoms with E-state index < -0.39 is 0 Å². The van der Waals surface area contributed by atoms with Gasteiger partial charge in [0.05, 0.1) is 6.04 Å². The Kier molecular flexibility index (Phi) is 5.73. The Bertz CT molecular complexity index is 465. The second kappa shape index (κ2) is 7.55. The number of rotatable bonds is 6. The van der Waals surface area contributed by atoms with Crippen molar-refractivity contribution in [3.05, 3.63) is 27.9 Å². The zero-order chi connectivity index (χ0) is 14.4.